The summed E-state index contributed by atoms with van der Waals surface area (Å²) in [5, 5.41) is 3.03. The van der Waals surface area contributed by atoms with Gasteiger partial charge in [-0.05, 0) is 19.5 Å². The minimum Gasteiger partial charge on any atom is -0.319 e. The van der Waals surface area contributed by atoms with Crippen molar-refractivity contribution in [3.05, 3.63) is 33.1 Å². The van der Waals surface area contributed by atoms with Crippen LogP contribution in [0.5, 0.6) is 0 Å². The molecule has 0 saturated heterocycles. The Morgan fingerprint density at radius 3 is 2.60 bits per heavy atom. The van der Waals surface area contributed by atoms with E-state index in [1.807, 2.05) is 14.0 Å². The average Bonchev–Trinajstić information content (AvgIpc) is 2.20. The standard InChI is InChI=1S/C10H17N3O2/c1-8(6-11-2)7-13-5-4-12(3)9(14)10(13)15/h4-5,8,11H,6-7H2,1-3H3. The number of hydrogen-bond donors (Lipinski definition) is 1. The number of hydrogen-bond acceptors (Lipinski definition) is 3. The minimum absolute atomic E-state index is 0.319. The molecule has 0 spiro atoms. The maximum absolute atomic E-state index is 11.5. The molecule has 5 heteroatoms. The Morgan fingerprint density at radius 1 is 1.33 bits per heavy atom. The summed E-state index contributed by atoms with van der Waals surface area (Å²) in [4.78, 5) is 22.9. The summed E-state index contributed by atoms with van der Waals surface area (Å²) in [6.45, 7) is 3.41. The van der Waals surface area contributed by atoms with Crippen LogP contribution in [0.3, 0.4) is 0 Å². The molecular weight excluding hydrogens is 194 g/mol. The summed E-state index contributed by atoms with van der Waals surface area (Å²) in [6, 6.07) is 0. The summed E-state index contributed by atoms with van der Waals surface area (Å²) in [7, 11) is 3.44. The molecule has 0 amide bonds. The molecule has 1 unspecified atom stereocenters. The summed E-state index contributed by atoms with van der Waals surface area (Å²) in [5.41, 5.74) is -0.933. The van der Waals surface area contributed by atoms with E-state index in [-0.39, 0.29) is 0 Å². The predicted octanol–water partition coefficient (Wildman–Crippen LogP) is -0.598. The van der Waals surface area contributed by atoms with Crippen molar-refractivity contribution in [2.45, 2.75) is 13.5 Å². The van der Waals surface area contributed by atoms with Crippen molar-refractivity contribution >= 4 is 0 Å². The van der Waals surface area contributed by atoms with E-state index in [2.05, 4.69) is 5.32 Å². The van der Waals surface area contributed by atoms with Gasteiger partial charge in [0.2, 0.25) is 0 Å². The molecule has 84 valence electrons. The lowest BCUT2D eigenvalue weighted by atomic mass is 10.2. The monoisotopic (exact) mass is 211 g/mol. The first-order valence-corrected chi connectivity index (χ1v) is 4.97. The number of rotatable bonds is 4. The zero-order chi connectivity index (χ0) is 11.4. The smallest absolute Gasteiger partial charge is 0.316 e. The largest absolute Gasteiger partial charge is 0.319 e. The quantitative estimate of drug-likeness (QED) is 0.677. The Balaban J connectivity index is 2.93. The highest BCUT2D eigenvalue weighted by Crippen LogP contribution is 1.95. The Hall–Kier alpha value is -1.36. The van der Waals surface area contributed by atoms with Crippen LogP contribution in [-0.2, 0) is 13.6 Å². The van der Waals surface area contributed by atoms with E-state index in [0.29, 0.717) is 12.5 Å². The van der Waals surface area contributed by atoms with Gasteiger partial charge in [0.15, 0.2) is 0 Å². The molecule has 1 heterocycles. The fourth-order valence-corrected chi connectivity index (χ4v) is 1.48. The van der Waals surface area contributed by atoms with E-state index in [1.54, 1.807) is 19.4 Å². The molecule has 1 atom stereocenters. The van der Waals surface area contributed by atoms with Crippen molar-refractivity contribution in [3.63, 3.8) is 0 Å². The highest BCUT2D eigenvalue weighted by atomic mass is 16.2. The van der Waals surface area contributed by atoms with E-state index in [4.69, 9.17) is 0 Å². The molecule has 5 nitrogen and oxygen atoms in total. The number of aryl methyl sites for hydroxylation is 1. The molecule has 0 aliphatic rings. The zero-order valence-electron chi connectivity index (χ0n) is 9.36. The molecule has 0 aliphatic heterocycles. The molecule has 0 radical (unpaired) electrons. The molecule has 0 saturated carbocycles. The molecule has 1 aromatic heterocycles. The van der Waals surface area contributed by atoms with Crippen molar-refractivity contribution < 1.29 is 0 Å². The van der Waals surface area contributed by atoms with Crippen molar-refractivity contribution in [1.82, 2.24) is 14.5 Å². The Labute approximate surface area is 88.4 Å². The first-order valence-electron chi connectivity index (χ1n) is 4.97. The van der Waals surface area contributed by atoms with Crippen molar-refractivity contribution in [3.8, 4) is 0 Å². The van der Waals surface area contributed by atoms with Crippen LogP contribution in [0, 0.1) is 5.92 Å². The second-order valence-electron chi connectivity index (χ2n) is 3.83. The van der Waals surface area contributed by atoms with Gasteiger partial charge in [0.1, 0.15) is 0 Å². The molecular formula is C10H17N3O2. The van der Waals surface area contributed by atoms with Gasteiger partial charge in [0.25, 0.3) is 0 Å². The lowest BCUT2D eigenvalue weighted by molar-refractivity contribution is 0.449. The summed E-state index contributed by atoms with van der Waals surface area (Å²) < 4.78 is 2.76. The molecule has 0 aliphatic carbocycles. The van der Waals surface area contributed by atoms with Gasteiger partial charge < -0.3 is 14.5 Å². The van der Waals surface area contributed by atoms with Gasteiger partial charge in [-0.25, -0.2) is 0 Å². The Kier molecular flexibility index (Phi) is 3.85. The van der Waals surface area contributed by atoms with Gasteiger partial charge in [-0.3, -0.25) is 9.59 Å². The van der Waals surface area contributed by atoms with Crippen LogP contribution in [0.25, 0.3) is 0 Å². The van der Waals surface area contributed by atoms with Crippen LogP contribution < -0.4 is 16.4 Å². The normalized spacial score (nSPS) is 12.7. The number of nitrogens with one attached hydrogen (secondary N) is 1. The molecule has 1 N–H and O–H groups in total. The van der Waals surface area contributed by atoms with Crippen LogP contribution in [0.2, 0.25) is 0 Å². The van der Waals surface area contributed by atoms with Crippen molar-refractivity contribution in [1.29, 1.82) is 0 Å². The SMILES string of the molecule is CNCC(C)Cn1ccn(C)c(=O)c1=O. The topological polar surface area (TPSA) is 56.0 Å². The van der Waals surface area contributed by atoms with Gasteiger partial charge in [-0.2, -0.15) is 0 Å². The molecule has 0 bridgehead atoms. The third-order valence-corrected chi connectivity index (χ3v) is 2.30. The first kappa shape index (κ1) is 11.7. The fourth-order valence-electron chi connectivity index (χ4n) is 1.48. The van der Waals surface area contributed by atoms with E-state index in [0.717, 1.165) is 6.54 Å². The lowest BCUT2D eigenvalue weighted by Gasteiger charge is -2.12. The summed E-state index contributed by atoms with van der Waals surface area (Å²) in [5.74, 6) is 0.319. The van der Waals surface area contributed by atoms with Gasteiger partial charge in [0.05, 0.1) is 0 Å². The van der Waals surface area contributed by atoms with Gasteiger partial charge >= 0.3 is 11.1 Å². The summed E-state index contributed by atoms with van der Waals surface area (Å²) in [6.07, 6.45) is 3.26. The maximum Gasteiger partial charge on any atom is 0.316 e. The van der Waals surface area contributed by atoms with Gasteiger partial charge in [-0.15, -0.1) is 0 Å². The third kappa shape index (κ3) is 2.79. The second kappa shape index (κ2) is 4.93. The van der Waals surface area contributed by atoms with E-state index < -0.39 is 11.1 Å². The molecule has 0 aromatic carbocycles. The van der Waals surface area contributed by atoms with Crippen molar-refractivity contribution in [2.75, 3.05) is 13.6 Å². The van der Waals surface area contributed by atoms with Crippen molar-refractivity contribution in [2.24, 2.45) is 13.0 Å². The van der Waals surface area contributed by atoms with Crippen LogP contribution in [-0.4, -0.2) is 22.7 Å². The van der Waals surface area contributed by atoms with Gasteiger partial charge in [0, 0.05) is 26.0 Å². The Bertz CT molecular complexity index is 433. The zero-order valence-corrected chi connectivity index (χ0v) is 9.36. The van der Waals surface area contributed by atoms with E-state index in [9.17, 15) is 9.59 Å². The minimum atomic E-state index is -0.478. The molecule has 1 aromatic rings. The van der Waals surface area contributed by atoms with Crippen LogP contribution in [0.1, 0.15) is 6.92 Å². The Morgan fingerprint density at radius 2 is 2.00 bits per heavy atom. The molecule has 0 fully saturated rings. The highest BCUT2D eigenvalue weighted by Gasteiger charge is 2.06. The molecule has 1 rings (SSSR count). The van der Waals surface area contributed by atoms with Crippen LogP contribution in [0.4, 0.5) is 0 Å². The van der Waals surface area contributed by atoms with Crippen LogP contribution >= 0.6 is 0 Å². The fraction of sp³-hybridized carbons (Fsp3) is 0.600. The van der Waals surface area contributed by atoms with Crippen LogP contribution in [0.15, 0.2) is 22.0 Å². The van der Waals surface area contributed by atoms with E-state index >= 15 is 0 Å². The predicted molar refractivity (Wildman–Crippen MR) is 59.0 cm³/mol. The highest BCUT2D eigenvalue weighted by molar-refractivity contribution is 4.85. The first-order chi connectivity index (χ1) is 7.06. The average molecular weight is 211 g/mol. The second-order valence-corrected chi connectivity index (χ2v) is 3.83. The van der Waals surface area contributed by atoms with Gasteiger partial charge in [-0.1, -0.05) is 6.92 Å². The van der Waals surface area contributed by atoms with E-state index in [1.165, 1.54) is 9.13 Å². The molecule has 15 heavy (non-hydrogen) atoms. The number of nitrogens with zero attached hydrogens (tertiary/aromatic N) is 2. The lowest BCUT2D eigenvalue weighted by Crippen LogP contribution is -2.40. The maximum atomic E-state index is 11.5. The summed E-state index contributed by atoms with van der Waals surface area (Å²) >= 11 is 0. The number of aromatic nitrogens is 2. The third-order valence-electron chi connectivity index (χ3n) is 2.30.